The third-order valence-corrected chi connectivity index (χ3v) is 4.14. The second kappa shape index (κ2) is 6.63. The van der Waals surface area contributed by atoms with Gasteiger partial charge in [-0.1, -0.05) is 18.2 Å². The van der Waals surface area contributed by atoms with E-state index in [2.05, 4.69) is 42.3 Å². The van der Waals surface area contributed by atoms with E-state index < -0.39 is 0 Å². The molecule has 0 saturated heterocycles. The van der Waals surface area contributed by atoms with Crippen LogP contribution < -0.4 is 11.1 Å². The van der Waals surface area contributed by atoms with E-state index in [-0.39, 0.29) is 5.91 Å². The van der Waals surface area contributed by atoms with Crippen molar-refractivity contribution in [2.24, 2.45) is 5.73 Å². The number of thiazole rings is 1. The molecule has 20 heavy (non-hydrogen) atoms. The highest BCUT2D eigenvalue weighted by Crippen LogP contribution is 2.13. The molecular formula is C15H19N3OS. The maximum absolute atomic E-state index is 11.9. The Kier molecular flexibility index (Phi) is 4.87. The minimum atomic E-state index is -0.132. The molecule has 2 aromatic rings. The summed E-state index contributed by atoms with van der Waals surface area (Å²) >= 11 is 1.42. The fraction of sp³-hybridized carbons (Fsp3) is 0.333. The highest BCUT2D eigenvalue weighted by atomic mass is 32.1. The van der Waals surface area contributed by atoms with Crippen molar-refractivity contribution < 1.29 is 4.79 Å². The topological polar surface area (TPSA) is 68.0 Å². The summed E-state index contributed by atoms with van der Waals surface area (Å²) in [4.78, 5) is 16.1. The molecule has 1 heterocycles. The lowest BCUT2D eigenvalue weighted by Gasteiger charge is -2.10. The Balaban J connectivity index is 1.91. The number of aromatic nitrogens is 1. The number of carbonyl (C=O) groups excluding carboxylic acids is 1. The van der Waals surface area contributed by atoms with Crippen LogP contribution in [0.2, 0.25) is 0 Å². The van der Waals surface area contributed by atoms with Crippen molar-refractivity contribution >= 4 is 17.2 Å². The van der Waals surface area contributed by atoms with E-state index in [0.717, 1.165) is 11.4 Å². The van der Waals surface area contributed by atoms with E-state index in [1.807, 2.05) is 0 Å². The number of hydrogen-bond acceptors (Lipinski definition) is 4. The second-order valence-corrected chi connectivity index (χ2v) is 5.65. The normalized spacial score (nSPS) is 10.6. The lowest BCUT2D eigenvalue weighted by molar-refractivity contribution is 0.0949. The van der Waals surface area contributed by atoms with E-state index in [1.54, 1.807) is 5.38 Å². The first-order valence-corrected chi connectivity index (χ1v) is 7.47. The van der Waals surface area contributed by atoms with Crippen molar-refractivity contribution in [1.29, 1.82) is 0 Å². The van der Waals surface area contributed by atoms with Gasteiger partial charge >= 0.3 is 0 Å². The molecule has 3 N–H and O–H groups in total. The van der Waals surface area contributed by atoms with Crippen LogP contribution in [0.15, 0.2) is 23.6 Å². The number of amides is 1. The molecule has 0 aliphatic heterocycles. The average molecular weight is 289 g/mol. The standard InChI is InChI=1S/C15H19N3OS/c1-10-4-3-5-11(2)12(10)6-7-17-15(19)13-9-20-14(8-16)18-13/h3-5,9H,6-8,16H2,1-2H3,(H,17,19). The van der Waals surface area contributed by atoms with Gasteiger partial charge < -0.3 is 11.1 Å². The number of carbonyl (C=O) groups is 1. The maximum atomic E-state index is 11.9. The predicted molar refractivity (Wildman–Crippen MR) is 82.0 cm³/mol. The highest BCUT2D eigenvalue weighted by Gasteiger charge is 2.10. The third-order valence-electron chi connectivity index (χ3n) is 3.26. The summed E-state index contributed by atoms with van der Waals surface area (Å²) in [6, 6.07) is 6.24. The van der Waals surface area contributed by atoms with Gasteiger partial charge in [-0.25, -0.2) is 4.98 Å². The molecule has 2 rings (SSSR count). The van der Waals surface area contributed by atoms with Crippen LogP contribution in [0, 0.1) is 13.8 Å². The molecule has 1 aromatic carbocycles. The molecule has 0 aliphatic carbocycles. The van der Waals surface area contributed by atoms with E-state index >= 15 is 0 Å². The summed E-state index contributed by atoms with van der Waals surface area (Å²) in [6.07, 6.45) is 0.831. The molecule has 1 amide bonds. The molecule has 4 nitrogen and oxygen atoms in total. The first-order valence-electron chi connectivity index (χ1n) is 6.59. The van der Waals surface area contributed by atoms with Gasteiger partial charge in [0.05, 0.1) is 0 Å². The highest BCUT2D eigenvalue weighted by molar-refractivity contribution is 7.09. The Morgan fingerprint density at radius 1 is 1.35 bits per heavy atom. The van der Waals surface area contributed by atoms with Crippen molar-refractivity contribution in [2.45, 2.75) is 26.8 Å². The van der Waals surface area contributed by atoms with Gasteiger partial charge in [0.15, 0.2) is 0 Å². The Bertz CT molecular complexity index is 587. The Morgan fingerprint density at radius 2 is 2.05 bits per heavy atom. The molecule has 0 fully saturated rings. The predicted octanol–water partition coefficient (Wildman–Crippen LogP) is 2.19. The molecule has 0 aliphatic rings. The fourth-order valence-electron chi connectivity index (χ4n) is 2.14. The van der Waals surface area contributed by atoms with E-state index in [0.29, 0.717) is 18.8 Å². The Hall–Kier alpha value is -1.72. The van der Waals surface area contributed by atoms with Crippen LogP contribution in [0.3, 0.4) is 0 Å². The molecule has 0 saturated carbocycles. The molecule has 1 aromatic heterocycles. The molecule has 106 valence electrons. The molecule has 0 bridgehead atoms. The average Bonchev–Trinajstić information content (AvgIpc) is 2.91. The molecule has 0 atom stereocenters. The SMILES string of the molecule is Cc1cccc(C)c1CCNC(=O)c1csc(CN)n1. The zero-order chi connectivity index (χ0) is 14.5. The summed E-state index contributed by atoms with van der Waals surface area (Å²) in [6.45, 7) is 5.18. The molecule has 5 heteroatoms. The van der Waals surface area contributed by atoms with Crippen LogP contribution in [0.4, 0.5) is 0 Å². The first kappa shape index (κ1) is 14.7. The third kappa shape index (κ3) is 3.43. The lowest BCUT2D eigenvalue weighted by atomic mass is 10.0. The van der Waals surface area contributed by atoms with Crippen LogP contribution in [-0.4, -0.2) is 17.4 Å². The van der Waals surface area contributed by atoms with Gasteiger partial charge in [-0.3, -0.25) is 4.79 Å². The molecule has 0 unspecified atom stereocenters. The van der Waals surface area contributed by atoms with Crippen molar-refractivity contribution in [3.8, 4) is 0 Å². The minimum Gasteiger partial charge on any atom is -0.350 e. The monoisotopic (exact) mass is 289 g/mol. The van der Waals surface area contributed by atoms with Crippen LogP contribution in [0.5, 0.6) is 0 Å². The van der Waals surface area contributed by atoms with Gasteiger partial charge in [-0.05, 0) is 37.0 Å². The van der Waals surface area contributed by atoms with Gasteiger partial charge in [0.2, 0.25) is 0 Å². The largest absolute Gasteiger partial charge is 0.350 e. The number of hydrogen-bond donors (Lipinski definition) is 2. The van der Waals surface area contributed by atoms with Crippen molar-refractivity contribution in [1.82, 2.24) is 10.3 Å². The van der Waals surface area contributed by atoms with E-state index in [4.69, 9.17) is 5.73 Å². The summed E-state index contributed by atoms with van der Waals surface area (Å²) < 4.78 is 0. The van der Waals surface area contributed by atoms with Crippen molar-refractivity contribution in [3.63, 3.8) is 0 Å². The number of nitrogens with zero attached hydrogens (tertiary/aromatic N) is 1. The first-order chi connectivity index (χ1) is 9.61. The van der Waals surface area contributed by atoms with Crippen LogP contribution in [0.1, 0.15) is 32.2 Å². The van der Waals surface area contributed by atoms with Crippen molar-refractivity contribution in [2.75, 3.05) is 6.54 Å². The number of aryl methyl sites for hydroxylation is 2. The van der Waals surface area contributed by atoms with Gasteiger partial charge in [0, 0.05) is 18.5 Å². The quantitative estimate of drug-likeness (QED) is 0.886. The zero-order valence-electron chi connectivity index (χ0n) is 11.8. The van der Waals surface area contributed by atoms with Gasteiger partial charge in [-0.2, -0.15) is 0 Å². The Morgan fingerprint density at radius 3 is 2.65 bits per heavy atom. The number of benzene rings is 1. The van der Waals surface area contributed by atoms with Gasteiger partial charge in [0.25, 0.3) is 5.91 Å². The number of rotatable bonds is 5. The van der Waals surface area contributed by atoms with E-state index in [9.17, 15) is 4.79 Å². The number of nitrogens with one attached hydrogen (secondary N) is 1. The summed E-state index contributed by atoms with van der Waals surface area (Å²) in [5.41, 5.74) is 9.77. The van der Waals surface area contributed by atoms with Crippen molar-refractivity contribution in [3.05, 3.63) is 51.0 Å². The van der Waals surface area contributed by atoms with Gasteiger partial charge in [0.1, 0.15) is 10.7 Å². The molecular weight excluding hydrogens is 270 g/mol. The fourth-order valence-corrected chi connectivity index (χ4v) is 2.80. The summed E-state index contributed by atoms with van der Waals surface area (Å²) in [7, 11) is 0. The van der Waals surface area contributed by atoms with Crippen LogP contribution in [-0.2, 0) is 13.0 Å². The van der Waals surface area contributed by atoms with E-state index in [1.165, 1.54) is 28.0 Å². The smallest absolute Gasteiger partial charge is 0.270 e. The minimum absolute atomic E-state index is 0.132. The zero-order valence-corrected chi connectivity index (χ0v) is 12.6. The maximum Gasteiger partial charge on any atom is 0.270 e. The summed E-state index contributed by atoms with van der Waals surface area (Å²) in [5.74, 6) is -0.132. The van der Waals surface area contributed by atoms with Gasteiger partial charge in [-0.15, -0.1) is 11.3 Å². The second-order valence-electron chi connectivity index (χ2n) is 4.71. The summed E-state index contributed by atoms with van der Waals surface area (Å²) in [5, 5.41) is 5.43. The molecule has 0 radical (unpaired) electrons. The lowest BCUT2D eigenvalue weighted by Crippen LogP contribution is -2.26. The molecule has 0 spiro atoms. The van der Waals surface area contributed by atoms with Crippen LogP contribution in [0.25, 0.3) is 0 Å². The number of nitrogens with two attached hydrogens (primary N) is 1. The van der Waals surface area contributed by atoms with Crippen LogP contribution >= 0.6 is 11.3 Å². The Labute approximate surface area is 123 Å².